The van der Waals surface area contributed by atoms with Crippen LogP contribution in [0.3, 0.4) is 0 Å². The van der Waals surface area contributed by atoms with Gasteiger partial charge in [0.2, 0.25) is 5.91 Å². The molecule has 0 saturated heterocycles. The maximum atomic E-state index is 12.9. The van der Waals surface area contributed by atoms with Crippen LogP contribution in [0.15, 0.2) is 66.7 Å². The van der Waals surface area contributed by atoms with Crippen LogP contribution in [-0.2, 0) is 9.63 Å². The van der Waals surface area contributed by atoms with E-state index in [0.717, 1.165) is 21.8 Å². The number of ether oxygens (including phenoxy) is 3. The van der Waals surface area contributed by atoms with Gasteiger partial charge in [0.15, 0.2) is 11.5 Å². The van der Waals surface area contributed by atoms with Crippen LogP contribution in [0.25, 0.3) is 21.8 Å². The van der Waals surface area contributed by atoms with Crippen molar-refractivity contribution in [1.82, 2.24) is 9.88 Å². The van der Waals surface area contributed by atoms with Crippen molar-refractivity contribution in [2.45, 2.75) is 18.9 Å². The maximum absolute atomic E-state index is 12.9. The van der Waals surface area contributed by atoms with Gasteiger partial charge in [-0.1, -0.05) is 36.4 Å². The van der Waals surface area contributed by atoms with Crippen LogP contribution in [-0.4, -0.2) is 72.1 Å². The van der Waals surface area contributed by atoms with Gasteiger partial charge >= 0.3 is 0 Å². The van der Waals surface area contributed by atoms with Gasteiger partial charge in [0.25, 0.3) is 5.09 Å². The molecule has 1 unspecified atom stereocenters. The molecule has 4 rings (SSSR count). The highest BCUT2D eigenvalue weighted by atomic mass is 16.9. The van der Waals surface area contributed by atoms with Crippen molar-refractivity contribution in [2.24, 2.45) is 0 Å². The van der Waals surface area contributed by atoms with E-state index in [-0.39, 0.29) is 51.7 Å². The Balaban J connectivity index is 1.39. The largest absolute Gasteiger partial charge is 0.493 e. The molecule has 11 nitrogen and oxygen atoms in total. The summed E-state index contributed by atoms with van der Waals surface area (Å²) in [5.74, 6) is 1.43. The second kappa shape index (κ2) is 13.3. The fraction of sp³-hybridized carbons (Fsp3) is 0.321. The first kappa shape index (κ1) is 27.5. The summed E-state index contributed by atoms with van der Waals surface area (Å²) in [6.07, 6.45) is -0.806. The Hall–Kier alpha value is -4.51. The van der Waals surface area contributed by atoms with E-state index in [1.54, 1.807) is 12.1 Å². The molecule has 2 N–H and O–H groups in total. The zero-order valence-corrected chi connectivity index (χ0v) is 21.6. The predicted octanol–water partition coefficient (Wildman–Crippen LogP) is 3.97. The molecule has 0 aliphatic heterocycles. The van der Waals surface area contributed by atoms with Gasteiger partial charge in [-0.15, -0.1) is 10.1 Å². The molecule has 4 aromatic rings. The molecule has 1 aromatic heterocycles. The van der Waals surface area contributed by atoms with Crippen LogP contribution in [0.4, 0.5) is 0 Å². The van der Waals surface area contributed by atoms with E-state index in [9.17, 15) is 20.0 Å². The van der Waals surface area contributed by atoms with Gasteiger partial charge in [0.05, 0.1) is 32.3 Å². The lowest BCUT2D eigenvalue weighted by atomic mass is 10.1. The number of hydrogen-bond donors (Lipinski definition) is 2. The molecular weight excluding hydrogens is 506 g/mol. The van der Waals surface area contributed by atoms with Crippen molar-refractivity contribution in [3.8, 4) is 17.2 Å². The number of para-hydroxylation sites is 3. The minimum absolute atomic E-state index is 0.00588. The number of nitrogens with one attached hydrogen (secondary N) is 1. The molecule has 0 bridgehead atoms. The summed E-state index contributed by atoms with van der Waals surface area (Å²) in [5, 5.41) is 22.2. The van der Waals surface area contributed by atoms with Crippen molar-refractivity contribution >= 4 is 27.7 Å². The maximum Gasteiger partial charge on any atom is 0.294 e. The fourth-order valence-electron chi connectivity index (χ4n) is 4.32. The normalized spacial score (nSPS) is 11.7. The van der Waals surface area contributed by atoms with Crippen LogP contribution in [0.5, 0.6) is 17.2 Å². The monoisotopic (exact) mass is 537 g/mol. The van der Waals surface area contributed by atoms with Crippen molar-refractivity contribution in [3.63, 3.8) is 0 Å². The number of aliphatic hydroxyl groups excluding tert-OH is 1. The summed E-state index contributed by atoms with van der Waals surface area (Å²) < 4.78 is 17.1. The number of amides is 1. The van der Waals surface area contributed by atoms with Crippen molar-refractivity contribution in [3.05, 3.63) is 76.8 Å². The third kappa shape index (κ3) is 7.29. The van der Waals surface area contributed by atoms with E-state index in [4.69, 9.17) is 14.2 Å². The van der Waals surface area contributed by atoms with E-state index in [2.05, 4.69) is 9.82 Å². The van der Waals surface area contributed by atoms with Gasteiger partial charge in [-0.2, -0.15) is 0 Å². The highest BCUT2D eigenvalue weighted by Gasteiger charge is 2.19. The number of benzene rings is 3. The summed E-state index contributed by atoms with van der Waals surface area (Å²) in [5.41, 5.74) is 1.91. The van der Waals surface area contributed by atoms with Crippen LogP contribution in [0.2, 0.25) is 0 Å². The molecule has 0 spiro atoms. The number of aliphatic hydroxyl groups is 1. The molecule has 206 valence electrons. The van der Waals surface area contributed by atoms with E-state index in [1.165, 1.54) is 12.0 Å². The van der Waals surface area contributed by atoms with Gasteiger partial charge in [-0.25, -0.2) is 0 Å². The Kier molecular flexibility index (Phi) is 9.41. The first-order chi connectivity index (χ1) is 19.0. The molecule has 3 aromatic carbocycles. The molecule has 39 heavy (non-hydrogen) atoms. The van der Waals surface area contributed by atoms with Crippen LogP contribution >= 0.6 is 0 Å². The SMILES string of the molecule is COc1ccccc1OCCN(CC(O)COc1cccc2[nH]c3ccccc3c12)C(=O)CCCO[N+](=O)[O-]. The topological polar surface area (TPSA) is 136 Å². The molecule has 0 saturated carbocycles. The lowest BCUT2D eigenvalue weighted by Crippen LogP contribution is -2.42. The molecular formula is C28H31N3O8. The average molecular weight is 538 g/mol. The second-order valence-electron chi connectivity index (χ2n) is 8.81. The lowest BCUT2D eigenvalue weighted by Gasteiger charge is -2.26. The number of carbonyl (C=O) groups excluding carboxylic acids is 1. The minimum Gasteiger partial charge on any atom is -0.493 e. The van der Waals surface area contributed by atoms with Gasteiger partial charge < -0.3 is 34.0 Å². The summed E-state index contributed by atoms with van der Waals surface area (Å²) in [4.78, 5) is 32.4. The third-order valence-corrected chi connectivity index (χ3v) is 6.13. The number of H-pyrrole nitrogens is 1. The Morgan fingerprint density at radius 1 is 0.974 bits per heavy atom. The Labute approximate surface area is 224 Å². The molecule has 1 amide bonds. The number of aromatic amines is 1. The molecule has 1 atom stereocenters. The van der Waals surface area contributed by atoms with Crippen molar-refractivity contribution in [2.75, 3.05) is 40.0 Å². The fourth-order valence-corrected chi connectivity index (χ4v) is 4.32. The summed E-state index contributed by atoms with van der Waals surface area (Å²) >= 11 is 0. The van der Waals surface area contributed by atoms with Gasteiger partial charge in [-0.05, 0) is 36.8 Å². The van der Waals surface area contributed by atoms with E-state index in [0.29, 0.717) is 17.2 Å². The summed E-state index contributed by atoms with van der Waals surface area (Å²) in [6.45, 7) is 0.0979. The predicted molar refractivity (Wildman–Crippen MR) is 145 cm³/mol. The van der Waals surface area contributed by atoms with E-state index in [1.807, 2.05) is 54.6 Å². The zero-order valence-electron chi connectivity index (χ0n) is 21.6. The van der Waals surface area contributed by atoms with Gasteiger partial charge in [-0.3, -0.25) is 4.79 Å². The Morgan fingerprint density at radius 2 is 1.69 bits per heavy atom. The Morgan fingerprint density at radius 3 is 2.49 bits per heavy atom. The van der Waals surface area contributed by atoms with E-state index < -0.39 is 11.2 Å². The smallest absolute Gasteiger partial charge is 0.294 e. The number of methoxy groups -OCH3 is 1. The zero-order chi connectivity index (χ0) is 27.6. The first-order valence-electron chi connectivity index (χ1n) is 12.6. The molecule has 0 fully saturated rings. The number of fused-ring (bicyclic) bond motifs is 3. The number of hydrogen-bond acceptors (Lipinski definition) is 8. The Bertz CT molecular complexity index is 1410. The highest BCUT2D eigenvalue weighted by molar-refractivity contribution is 6.10. The minimum atomic E-state index is -0.990. The standard InChI is InChI=1S/C28H31N3O8/c1-36-24-11-4-5-12-25(24)37-17-15-30(27(33)14-7-16-39-31(34)35)18-20(32)19-38-26-13-6-10-23-28(26)21-8-2-3-9-22(21)29-23/h2-6,8-13,20,29,32H,7,14-19H2,1H3. The second-order valence-corrected chi connectivity index (χ2v) is 8.81. The number of rotatable bonds is 15. The van der Waals surface area contributed by atoms with E-state index >= 15 is 0 Å². The molecule has 0 radical (unpaired) electrons. The van der Waals surface area contributed by atoms with Gasteiger partial charge in [0.1, 0.15) is 25.1 Å². The van der Waals surface area contributed by atoms with Crippen LogP contribution in [0.1, 0.15) is 12.8 Å². The third-order valence-electron chi connectivity index (χ3n) is 6.13. The lowest BCUT2D eigenvalue weighted by molar-refractivity contribution is -0.757. The molecule has 0 aliphatic rings. The average Bonchev–Trinajstić information content (AvgIpc) is 3.33. The molecule has 11 heteroatoms. The summed E-state index contributed by atoms with van der Waals surface area (Å²) in [7, 11) is 1.54. The van der Waals surface area contributed by atoms with Crippen LogP contribution in [0, 0.1) is 10.1 Å². The van der Waals surface area contributed by atoms with Crippen LogP contribution < -0.4 is 14.2 Å². The van der Waals surface area contributed by atoms with Gasteiger partial charge in [0, 0.05) is 22.7 Å². The van der Waals surface area contributed by atoms with Crippen molar-refractivity contribution < 1.29 is 34.0 Å². The number of carbonyl (C=O) groups is 1. The first-order valence-corrected chi connectivity index (χ1v) is 12.6. The highest BCUT2D eigenvalue weighted by Crippen LogP contribution is 2.33. The summed E-state index contributed by atoms with van der Waals surface area (Å²) in [6, 6.07) is 20.7. The number of nitrogens with zero attached hydrogens (tertiary/aromatic N) is 2. The number of aromatic nitrogens is 1. The molecule has 0 aliphatic carbocycles. The quantitative estimate of drug-likeness (QED) is 0.132. The van der Waals surface area contributed by atoms with Crippen molar-refractivity contribution in [1.29, 1.82) is 0 Å². The molecule has 1 heterocycles.